The Hall–Kier alpha value is -1.69. The van der Waals surface area contributed by atoms with E-state index in [1.54, 1.807) is 11.0 Å². The number of nitrogens with zero attached hydrogens (tertiary/aromatic N) is 1. The van der Waals surface area contributed by atoms with E-state index in [2.05, 4.69) is 5.32 Å². The third-order valence-electron chi connectivity index (χ3n) is 4.07. The first-order valence-corrected chi connectivity index (χ1v) is 8.37. The maximum absolute atomic E-state index is 13.6. The minimum atomic E-state index is -0.851. The Bertz CT molecular complexity index is 587. The number of nitrogens with one attached hydrogen (secondary N) is 1. The van der Waals surface area contributed by atoms with Crippen molar-refractivity contribution >= 4 is 6.09 Å². The minimum Gasteiger partial charge on any atom is -0.444 e. The summed E-state index contributed by atoms with van der Waals surface area (Å²) in [5.41, 5.74) is 0.169. The van der Waals surface area contributed by atoms with Gasteiger partial charge >= 0.3 is 6.09 Å². The Morgan fingerprint density at radius 1 is 1.38 bits per heavy atom. The molecule has 1 amide bonds. The van der Waals surface area contributed by atoms with Crippen molar-refractivity contribution in [2.24, 2.45) is 5.92 Å². The number of ether oxygens (including phenoxy) is 1. The van der Waals surface area contributed by atoms with E-state index in [0.29, 0.717) is 25.2 Å². The largest absolute Gasteiger partial charge is 0.444 e. The zero-order valence-corrected chi connectivity index (χ0v) is 14.7. The molecule has 1 saturated heterocycles. The molecule has 0 bridgehead atoms. The Morgan fingerprint density at radius 2 is 2.08 bits per heavy atom. The topological polar surface area (TPSA) is 41.6 Å². The van der Waals surface area contributed by atoms with Crippen LogP contribution in [0.25, 0.3) is 0 Å². The molecule has 2 unspecified atom stereocenters. The van der Waals surface area contributed by atoms with E-state index in [0.717, 1.165) is 12.5 Å². The summed E-state index contributed by atoms with van der Waals surface area (Å²) in [5, 5.41) is 3.33. The number of amides is 1. The normalized spacial score (nSPS) is 19.4. The summed E-state index contributed by atoms with van der Waals surface area (Å²) in [7, 11) is 0. The van der Waals surface area contributed by atoms with E-state index >= 15 is 0 Å². The number of carbonyl (C=O) groups is 1. The van der Waals surface area contributed by atoms with Crippen molar-refractivity contribution < 1.29 is 18.3 Å². The fourth-order valence-electron chi connectivity index (χ4n) is 3.03. The molecule has 1 aliphatic rings. The van der Waals surface area contributed by atoms with Gasteiger partial charge in [-0.15, -0.1) is 0 Å². The molecule has 24 heavy (non-hydrogen) atoms. The van der Waals surface area contributed by atoms with Crippen LogP contribution in [0.15, 0.2) is 18.2 Å². The molecule has 2 rings (SSSR count). The van der Waals surface area contributed by atoms with E-state index < -0.39 is 17.2 Å². The Kier molecular flexibility index (Phi) is 5.80. The molecular weight excluding hydrogens is 314 g/mol. The van der Waals surface area contributed by atoms with Crippen molar-refractivity contribution in [3.05, 3.63) is 35.4 Å². The van der Waals surface area contributed by atoms with Crippen molar-refractivity contribution in [2.45, 2.75) is 45.8 Å². The quantitative estimate of drug-likeness (QED) is 0.904. The van der Waals surface area contributed by atoms with Crippen LogP contribution in [0.1, 0.15) is 45.7 Å². The van der Waals surface area contributed by atoms with Crippen molar-refractivity contribution in [1.29, 1.82) is 0 Å². The molecule has 0 saturated carbocycles. The molecule has 2 atom stereocenters. The van der Waals surface area contributed by atoms with Crippen LogP contribution in [0.5, 0.6) is 0 Å². The van der Waals surface area contributed by atoms with Gasteiger partial charge in [-0.1, -0.05) is 13.0 Å². The molecule has 1 aliphatic heterocycles. The molecule has 1 heterocycles. The number of rotatable bonds is 4. The predicted molar refractivity (Wildman–Crippen MR) is 88.7 cm³/mol. The highest BCUT2D eigenvalue weighted by atomic mass is 19.2. The lowest BCUT2D eigenvalue weighted by Gasteiger charge is -2.27. The number of likely N-dealkylation sites (tertiary alicyclic amines) is 1. The Morgan fingerprint density at radius 3 is 2.67 bits per heavy atom. The van der Waals surface area contributed by atoms with Crippen LogP contribution >= 0.6 is 0 Å². The second-order valence-corrected chi connectivity index (χ2v) is 7.18. The molecule has 6 heteroatoms. The van der Waals surface area contributed by atoms with Gasteiger partial charge in [0.1, 0.15) is 5.60 Å². The SMILES string of the molecule is CCNC(c1ccc(F)c(F)c1)C1CCN(C(=O)OC(C)(C)C)C1. The molecule has 1 aromatic rings. The van der Waals surface area contributed by atoms with Gasteiger partial charge in [0.25, 0.3) is 0 Å². The van der Waals surface area contributed by atoms with Gasteiger partial charge in [-0.2, -0.15) is 0 Å². The smallest absolute Gasteiger partial charge is 0.410 e. The van der Waals surface area contributed by atoms with E-state index in [9.17, 15) is 13.6 Å². The number of hydrogen-bond acceptors (Lipinski definition) is 3. The van der Waals surface area contributed by atoms with Crippen molar-refractivity contribution in [3.63, 3.8) is 0 Å². The average molecular weight is 340 g/mol. The van der Waals surface area contributed by atoms with Gasteiger partial charge < -0.3 is 15.0 Å². The van der Waals surface area contributed by atoms with E-state index in [1.165, 1.54) is 6.07 Å². The summed E-state index contributed by atoms with van der Waals surface area (Å²) in [6.07, 6.45) is 0.459. The number of hydrogen-bond donors (Lipinski definition) is 1. The fourth-order valence-corrected chi connectivity index (χ4v) is 3.03. The Balaban J connectivity index is 2.10. The highest BCUT2D eigenvalue weighted by Gasteiger charge is 2.34. The van der Waals surface area contributed by atoms with Gasteiger partial charge in [-0.3, -0.25) is 0 Å². The van der Waals surface area contributed by atoms with Crippen LogP contribution in [0.4, 0.5) is 13.6 Å². The van der Waals surface area contributed by atoms with Crippen molar-refractivity contribution in [2.75, 3.05) is 19.6 Å². The summed E-state index contributed by atoms with van der Waals surface area (Å²) < 4.78 is 32.2. The fraction of sp³-hybridized carbons (Fsp3) is 0.611. The van der Waals surface area contributed by atoms with Gasteiger partial charge in [0, 0.05) is 19.1 Å². The van der Waals surface area contributed by atoms with Crippen LogP contribution < -0.4 is 5.32 Å². The molecule has 1 aromatic carbocycles. The molecule has 0 spiro atoms. The number of halogens is 2. The molecule has 4 nitrogen and oxygen atoms in total. The minimum absolute atomic E-state index is 0.127. The monoisotopic (exact) mass is 340 g/mol. The van der Waals surface area contributed by atoms with Crippen LogP contribution in [-0.2, 0) is 4.74 Å². The molecule has 134 valence electrons. The third kappa shape index (κ3) is 4.66. The zero-order chi connectivity index (χ0) is 17.9. The summed E-state index contributed by atoms with van der Waals surface area (Å²) in [4.78, 5) is 13.9. The molecule has 1 fully saturated rings. The highest BCUT2D eigenvalue weighted by molar-refractivity contribution is 5.68. The van der Waals surface area contributed by atoms with E-state index in [1.807, 2.05) is 27.7 Å². The highest BCUT2D eigenvalue weighted by Crippen LogP contribution is 2.31. The van der Waals surface area contributed by atoms with Crippen LogP contribution in [-0.4, -0.2) is 36.2 Å². The van der Waals surface area contributed by atoms with Gasteiger partial charge in [0.15, 0.2) is 11.6 Å². The Labute approximate surface area is 142 Å². The second kappa shape index (κ2) is 7.47. The van der Waals surface area contributed by atoms with Gasteiger partial charge in [-0.05, 0) is 57.4 Å². The standard InChI is InChI=1S/C18H26F2N2O2/c1-5-21-16(12-6-7-14(19)15(20)10-12)13-8-9-22(11-13)17(23)24-18(2,3)4/h6-7,10,13,16,21H,5,8-9,11H2,1-4H3. The van der Waals surface area contributed by atoms with Crippen molar-refractivity contribution in [1.82, 2.24) is 10.2 Å². The predicted octanol–water partition coefficient (Wildman–Crippen LogP) is 3.87. The van der Waals surface area contributed by atoms with Crippen LogP contribution in [0.2, 0.25) is 0 Å². The van der Waals surface area contributed by atoms with Crippen molar-refractivity contribution in [3.8, 4) is 0 Å². The lowest BCUT2D eigenvalue weighted by Crippen LogP contribution is -2.36. The summed E-state index contributed by atoms with van der Waals surface area (Å²) in [5.74, 6) is -1.57. The van der Waals surface area contributed by atoms with E-state index in [-0.39, 0.29) is 18.1 Å². The maximum atomic E-state index is 13.6. The lowest BCUT2D eigenvalue weighted by molar-refractivity contribution is 0.0285. The molecule has 0 aliphatic carbocycles. The molecule has 0 radical (unpaired) electrons. The summed E-state index contributed by atoms with van der Waals surface area (Å²) >= 11 is 0. The lowest BCUT2D eigenvalue weighted by atomic mass is 9.92. The van der Waals surface area contributed by atoms with Gasteiger partial charge in [0.05, 0.1) is 0 Å². The molecule has 1 N–H and O–H groups in total. The first-order valence-electron chi connectivity index (χ1n) is 8.37. The third-order valence-corrected chi connectivity index (χ3v) is 4.07. The summed E-state index contributed by atoms with van der Waals surface area (Å²) in [6, 6.07) is 3.86. The number of benzene rings is 1. The van der Waals surface area contributed by atoms with Crippen LogP contribution in [0.3, 0.4) is 0 Å². The number of carbonyl (C=O) groups excluding carboxylic acids is 1. The first-order chi connectivity index (χ1) is 11.2. The average Bonchev–Trinajstić information content (AvgIpc) is 2.96. The van der Waals surface area contributed by atoms with Crippen LogP contribution in [0, 0.1) is 17.6 Å². The zero-order valence-electron chi connectivity index (χ0n) is 14.7. The van der Waals surface area contributed by atoms with Gasteiger partial charge in [-0.25, -0.2) is 13.6 Å². The first kappa shape index (κ1) is 18.6. The van der Waals surface area contributed by atoms with Gasteiger partial charge in [0.2, 0.25) is 0 Å². The molecular formula is C18H26F2N2O2. The second-order valence-electron chi connectivity index (χ2n) is 7.18. The maximum Gasteiger partial charge on any atom is 0.410 e. The summed E-state index contributed by atoms with van der Waals surface area (Å²) in [6.45, 7) is 9.31. The van der Waals surface area contributed by atoms with E-state index in [4.69, 9.17) is 4.74 Å². The molecule has 0 aromatic heterocycles.